The summed E-state index contributed by atoms with van der Waals surface area (Å²) in [6, 6.07) is 7.69. The van der Waals surface area contributed by atoms with E-state index in [1.54, 1.807) is 6.07 Å². The van der Waals surface area contributed by atoms with Gasteiger partial charge in [-0.25, -0.2) is 0 Å². The van der Waals surface area contributed by atoms with Gasteiger partial charge in [0.25, 0.3) is 0 Å². The molecule has 0 saturated carbocycles. The second kappa shape index (κ2) is 5.22. The molecule has 1 saturated heterocycles. The number of hydrogen-bond donors (Lipinski definition) is 2. The van der Waals surface area contributed by atoms with Crippen LogP contribution in [0.4, 0.5) is 0 Å². The molecule has 1 aliphatic rings. The van der Waals surface area contributed by atoms with Crippen LogP contribution in [0.3, 0.4) is 0 Å². The second-order valence-corrected chi connectivity index (χ2v) is 5.10. The Balaban J connectivity index is 0.00000128. The molecule has 2 rings (SSSR count). The van der Waals surface area contributed by atoms with Crippen LogP contribution < -0.4 is 5.32 Å². The van der Waals surface area contributed by atoms with E-state index < -0.39 is 0 Å². The van der Waals surface area contributed by atoms with E-state index in [2.05, 4.69) is 25.2 Å². The van der Waals surface area contributed by atoms with Crippen LogP contribution in [0, 0.1) is 5.41 Å². The van der Waals surface area contributed by atoms with Crippen molar-refractivity contribution in [2.24, 2.45) is 5.41 Å². The zero-order valence-electron chi connectivity index (χ0n) is 9.81. The third-order valence-corrected chi connectivity index (χ3v) is 3.41. The summed E-state index contributed by atoms with van der Waals surface area (Å²) in [7, 11) is 0. The van der Waals surface area contributed by atoms with Crippen molar-refractivity contribution >= 4 is 0 Å². The number of hydrogen-bond acceptors (Lipinski definition) is 2. The maximum atomic E-state index is 9.50. The van der Waals surface area contributed by atoms with Gasteiger partial charge in [-0.15, -0.1) is 0 Å². The van der Waals surface area contributed by atoms with Gasteiger partial charge in [-0.1, -0.05) is 26.0 Å². The van der Waals surface area contributed by atoms with Crippen molar-refractivity contribution in [2.75, 3.05) is 13.1 Å². The third kappa shape index (κ3) is 2.79. The third-order valence-electron chi connectivity index (χ3n) is 3.41. The summed E-state index contributed by atoms with van der Waals surface area (Å²) in [5, 5.41) is 12.9. The van der Waals surface area contributed by atoms with Gasteiger partial charge in [0.15, 0.2) is 0 Å². The Morgan fingerprint density at radius 2 is 2.12 bits per heavy atom. The van der Waals surface area contributed by atoms with Crippen LogP contribution in [0.15, 0.2) is 24.3 Å². The van der Waals surface area contributed by atoms with Gasteiger partial charge in [0, 0.05) is 23.6 Å². The standard InChI is InChI=1S/C13H19NO.Fe/c1-13(2)9-14-7-6-12(13)10-4-3-5-11(15)8-10;/h3-5,8,12,14-15H,6-7,9H2,1-2H3;/t12-;/m1./s1. The van der Waals surface area contributed by atoms with Crippen LogP contribution >= 0.6 is 0 Å². The first-order valence-corrected chi connectivity index (χ1v) is 5.59. The molecule has 0 aromatic heterocycles. The predicted octanol–water partition coefficient (Wildman–Crippen LogP) is 2.49. The van der Waals surface area contributed by atoms with Crippen LogP contribution in [-0.4, -0.2) is 18.2 Å². The van der Waals surface area contributed by atoms with Crippen LogP contribution in [0.2, 0.25) is 0 Å². The largest absolute Gasteiger partial charge is 0.508 e. The molecular formula is C13H19FeNO. The fourth-order valence-electron chi connectivity index (χ4n) is 2.53. The summed E-state index contributed by atoms with van der Waals surface area (Å²) in [4.78, 5) is 0. The summed E-state index contributed by atoms with van der Waals surface area (Å²) in [6.45, 7) is 6.69. The van der Waals surface area contributed by atoms with Crippen molar-refractivity contribution in [2.45, 2.75) is 26.2 Å². The SMILES string of the molecule is CC1(C)CNCC[C@@H]1c1cccc(O)c1.[Fe]. The molecule has 0 spiro atoms. The molecule has 1 aliphatic heterocycles. The molecule has 2 nitrogen and oxygen atoms in total. The van der Waals surface area contributed by atoms with Crippen molar-refractivity contribution in [1.82, 2.24) is 5.32 Å². The molecule has 1 aromatic rings. The van der Waals surface area contributed by atoms with Crippen molar-refractivity contribution in [3.8, 4) is 5.75 Å². The van der Waals surface area contributed by atoms with Gasteiger partial charge in [0.1, 0.15) is 5.75 Å². The zero-order valence-corrected chi connectivity index (χ0v) is 10.9. The Morgan fingerprint density at radius 3 is 2.75 bits per heavy atom. The summed E-state index contributed by atoms with van der Waals surface area (Å²) < 4.78 is 0. The Labute approximate surface area is 108 Å². The molecule has 16 heavy (non-hydrogen) atoms. The van der Waals surface area contributed by atoms with Gasteiger partial charge in [0.05, 0.1) is 0 Å². The first-order valence-electron chi connectivity index (χ1n) is 5.59. The van der Waals surface area contributed by atoms with Crippen molar-refractivity contribution in [3.05, 3.63) is 29.8 Å². The number of phenolic OH excluding ortho intramolecular Hbond substituents is 1. The monoisotopic (exact) mass is 261 g/mol. The Hall–Kier alpha value is -0.501. The minimum Gasteiger partial charge on any atom is -0.508 e. The maximum Gasteiger partial charge on any atom is 0.115 e. The van der Waals surface area contributed by atoms with Crippen LogP contribution in [0.25, 0.3) is 0 Å². The van der Waals surface area contributed by atoms with Crippen molar-refractivity contribution < 1.29 is 22.2 Å². The Kier molecular flexibility index (Phi) is 4.42. The van der Waals surface area contributed by atoms with Gasteiger partial charge in [0.2, 0.25) is 0 Å². The average Bonchev–Trinajstić information content (AvgIpc) is 2.17. The molecule has 3 heteroatoms. The molecule has 0 unspecified atom stereocenters. The normalized spacial score (nSPS) is 23.5. The van der Waals surface area contributed by atoms with E-state index in [9.17, 15) is 5.11 Å². The number of nitrogens with one attached hydrogen (secondary N) is 1. The van der Waals surface area contributed by atoms with E-state index in [-0.39, 0.29) is 22.5 Å². The van der Waals surface area contributed by atoms with E-state index in [4.69, 9.17) is 0 Å². The Morgan fingerprint density at radius 1 is 1.38 bits per heavy atom. The van der Waals surface area contributed by atoms with Gasteiger partial charge in [-0.2, -0.15) is 0 Å². The van der Waals surface area contributed by atoms with E-state index in [0.29, 0.717) is 11.7 Å². The molecule has 90 valence electrons. The van der Waals surface area contributed by atoms with Gasteiger partial charge in [-0.3, -0.25) is 0 Å². The number of aromatic hydroxyl groups is 1. The first-order chi connectivity index (χ1) is 7.09. The number of rotatable bonds is 1. The number of benzene rings is 1. The predicted molar refractivity (Wildman–Crippen MR) is 62.1 cm³/mol. The molecular weight excluding hydrogens is 242 g/mol. The topological polar surface area (TPSA) is 32.3 Å². The van der Waals surface area contributed by atoms with Crippen molar-refractivity contribution in [1.29, 1.82) is 0 Å². The van der Waals surface area contributed by atoms with Gasteiger partial charge < -0.3 is 10.4 Å². The van der Waals surface area contributed by atoms with Gasteiger partial charge in [-0.05, 0) is 42.0 Å². The molecule has 0 radical (unpaired) electrons. The summed E-state index contributed by atoms with van der Waals surface area (Å²) in [5.74, 6) is 0.924. The first kappa shape index (κ1) is 13.6. The maximum absolute atomic E-state index is 9.50. The molecule has 2 N–H and O–H groups in total. The van der Waals surface area contributed by atoms with Crippen molar-refractivity contribution in [3.63, 3.8) is 0 Å². The van der Waals surface area contributed by atoms with Crippen LogP contribution in [0.5, 0.6) is 5.75 Å². The summed E-state index contributed by atoms with van der Waals surface area (Å²) in [6.07, 6.45) is 1.15. The number of piperidine rings is 1. The molecule has 0 aliphatic carbocycles. The fourth-order valence-corrected chi connectivity index (χ4v) is 2.53. The van der Waals surface area contributed by atoms with Crippen LogP contribution in [0.1, 0.15) is 31.7 Å². The van der Waals surface area contributed by atoms with E-state index in [1.165, 1.54) is 5.56 Å². The molecule has 1 fully saturated rings. The molecule has 0 amide bonds. The second-order valence-electron chi connectivity index (χ2n) is 5.10. The minimum absolute atomic E-state index is 0. The van der Waals surface area contributed by atoms with E-state index >= 15 is 0 Å². The zero-order chi connectivity index (χ0) is 10.9. The average molecular weight is 261 g/mol. The minimum atomic E-state index is 0. The summed E-state index contributed by atoms with van der Waals surface area (Å²) >= 11 is 0. The smallest absolute Gasteiger partial charge is 0.115 e. The molecule has 0 bridgehead atoms. The van der Waals surface area contributed by atoms with E-state index in [0.717, 1.165) is 19.5 Å². The summed E-state index contributed by atoms with van der Waals surface area (Å²) in [5.41, 5.74) is 1.54. The Bertz CT molecular complexity index is 352. The van der Waals surface area contributed by atoms with Crippen LogP contribution in [-0.2, 0) is 17.1 Å². The molecule has 1 atom stereocenters. The molecule has 1 heterocycles. The fraction of sp³-hybridized carbons (Fsp3) is 0.538. The number of phenols is 1. The van der Waals surface area contributed by atoms with E-state index in [1.807, 2.05) is 12.1 Å². The molecule has 1 aromatic carbocycles. The quantitative estimate of drug-likeness (QED) is 0.761. The van der Waals surface area contributed by atoms with Gasteiger partial charge >= 0.3 is 0 Å².